The highest BCUT2D eigenvalue weighted by Crippen LogP contribution is 2.21. The summed E-state index contributed by atoms with van der Waals surface area (Å²) in [5, 5.41) is 12.8. The highest BCUT2D eigenvalue weighted by molar-refractivity contribution is 5.30. The van der Waals surface area contributed by atoms with Crippen LogP contribution in [0.1, 0.15) is 32.4 Å². The molecule has 0 heterocycles. The lowest BCUT2D eigenvalue weighted by Crippen LogP contribution is -2.32. The molecule has 1 aromatic rings. The number of nitrogens with one attached hydrogen (secondary N) is 1. The summed E-state index contributed by atoms with van der Waals surface area (Å²) in [6.07, 6.45) is -0.422. The normalized spacial score (nSPS) is 14.6. The second-order valence-electron chi connectivity index (χ2n) is 4.83. The van der Waals surface area contributed by atoms with E-state index < -0.39 is 6.10 Å². The molecule has 0 bridgehead atoms. The van der Waals surface area contributed by atoms with Crippen LogP contribution in [0.4, 0.5) is 4.39 Å². The van der Waals surface area contributed by atoms with Crippen LogP contribution in [0.25, 0.3) is 0 Å². The van der Waals surface area contributed by atoms with E-state index in [-0.39, 0.29) is 17.8 Å². The summed E-state index contributed by atoms with van der Waals surface area (Å²) in [5.74, 6) is 0.393. The molecule has 0 fully saturated rings. The van der Waals surface area contributed by atoms with Crippen LogP contribution in [0.5, 0.6) is 5.75 Å². The van der Waals surface area contributed by atoms with E-state index in [4.69, 9.17) is 4.74 Å². The van der Waals surface area contributed by atoms with Crippen LogP contribution in [0.15, 0.2) is 18.2 Å². The minimum absolute atomic E-state index is 0.149. The Hall–Kier alpha value is -1.13. The molecule has 18 heavy (non-hydrogen) atoms. The Morgan fingerprint density at radius 3 is 2.50 bits per heavy atom. The van der Waals surface area contributed by atoms with Crippen LogP contribution >= 0.6 is 0 Å². The van der Waals surface area contributed by atoms with Crippen molar-refractivity contribution in [2.45, 2.75) is 32.9 Å². The largest absolute Gasteiger partial charge is 0.497 e. The van der Waals surface area contributed by atoms with E-state index in [0.717, 1.165) is 0 Å². The number of halogens is 1. The van der Waals surface area contributed by atoms with E-state index in [1.54, 1.807) is 12.1 Å². The van der Waals surface area contributed by atoms with Gasteiger partial charge in [-0.05, 0) is 18.9 Å². The molecule has 0 saturated carbocycles. The third kappa shape index (κ3) is 3.96. The third-order valence-electron chi connectivity index (χ3n) is 3.08. The van der Waals surface area contributed by atoms with E-state index in [1.165, 1.54) is 13.2 Å². The molecule has 102 valence electrons. The zero-order valence-corrected chi connectivity index (χ0v) is 11.4. The van der Waals surface area contributed by atoms with Crippen LogP contribution in [0.2, 0.25) is 0 Å². The topological polar surface area (TPSA) is 41.5 Å². The summed E-state index contributed by atoms with van der Waals surface area (Å²) in [5.41, 5.74) is 0.576. The molecule has 0 saturated heterocycles. The molecule has 0 radical (unpaired) electrons. The van der Waals surface area contributed by atoms with Gasteiger partial charge in [0.05, 0.1) is 13.2 Å². The van der Waals surface area contributed by atoms with E-state index in [2.05, 4.69) is 5.32 Å². The SMILES string of the molecule is COc1ccc(C(C)NCC(O)C(C)C)c(F)c1. The Bertz CT molecular complexity index is 382. The number of methoxy groups -OCH3 is 1. The summed E-state index contributed by atoms with van der Waals surface area (Å²) in [6.45, 7) is 6.22. The Labute approximate surface area is 108 Å². The molecule has 2 unspecified atom stereocenters. The lowest BCUT2D eigenvalue weighted by atomic mass is 10.0. The summed E-state index contributed by atoms with van der Waals surface area (Å²) >= 11 is 0. The van der Waals surface area contributed by atoms with Gasteiger partial charge in [0.15, 0.2) is 0 Å². The second kappa shape index (κ2) is 6.71. The van der Waals surface area contributed by atoms with Crippen molar-refractivity contribution in [2.24, 2.45) is 5.92 Å². The van der Waals surface area contributed by atoms with Crippen LogP contribution in [0, 0.1) is 11.7 Å². The number of aliphatic hydroxyl groups is 1. The molecule has 0 aliphatic heterocycles. The molecule has 0 spiro atoms. The third-order valence-corrected chi connectivity index (χ3v) is 3.08. The number of hydrogen-bond acceptors (Lipinski definition) is 3. The first-order valence-corrected chi connectivity index (χ1v) is 6.20. The van der Waals surface area contributed by atoms with E-state index in [0.29, 0.717) is 17.9 Å². The lowest BCUT2D eigenvalue weighted by molar-refractivity contribution is 0.120. The minimum atomic E-state index is -0.422. The fourth-order valence-corrected chi connectivity index (χ4v) is 1.63. The molecule has 0 aromatic heterocycles. The summed E-state index contributed by atoms with van der Waals surface area (Å²) < 4.78 is 18.7. The van der Waals surface area contributed by atoms with Gasteiger partial charge < -0.3 is 15.2 Å². The maximum absolute atomic E-state index is 13.8. The first kappa shape index (κ1) is 14.9. The monoisotopic (exact) mass is 255 g/mol. The van der Waals surface area contributed by atoms with E-state index in [1.807, 2.05) is 20.8 Å². The highest BCUT2D eigenvalue weighted by atomic mass is 19.1. The molecule has 2 N–H and O–H groups in total. The van der Waals surface area contributed by atoms with Gasteiger partial charge in [-0.25, -0.2) is 4.39 Å². The zero-order valence-electron chi connectivity index (χ0n) is 11.4. The quantitative estimate of drug-likeness (QED) is 0.820. The fraction of sp³-hybridized carbons (Fsp3) is 0.571. The maximum atomic E-state index is 13.8. The minimum Gasteiger partial charge on any atom is -0.497 e. The Morgan fingerprint density at radius 2 is 2.00 bits per heavy atom. The standard InChI is InChI=1S/C14H22FNO2/c1-9(2)14(17)8-16-10(3)12-6-5-11(18-4)7-13(12)15/h5-7,9-10,14,16-17H,8H2,1-4H3. The van der Waals surface area contributed by atoms with Crippen LogP contribution in [0.3, 0.4) is 0 Å². The van der Waals surface area contributed by atoms with Gasteiger partial charge in [0.25, 0.3) is 0 Å². The number of aliphatic hydroxyl groups excluding tert-OH is 1. The number of benzene rings is 1. The second-order valence-corrected chi connectivity index (χ2v) is 4.83. The average Bonchev–Trinajstić information content (AvgIpc) is 2.34. The van der Waals surface area contributed by atoms with E-state index in [9.17, 15) is 9.50 Å². The molecule has 1 rings (SSSR count). The molecule has 4 heteroatoms. The molecule has 0 aliphatic rings. The average molecular weight is 255 g/mol. The van der Waals surface area contributed by atoms with Crippen molar-refractivity contribution < 1.29 is 14.2 Å². The predicted octanol–water partition coefficient (Wildman–Crippen LogP) is 2.50. The van der Waals surface area contributed by atoms with Crippen molar-refractivity contribution in [3.63, 3.8) is 0 Å². The Morgan fingerprint density at radius 1 is 1.33 bits per heavy atom. The summed E-state index contributed by atoms with van der Waals surface area (Å²) in [4.78, 5) is 0. The van der Waals surface area contributed by atoms with Crippen LogP contribution in [-0.2, 0) is 0 Å². The summed E-state index contributed by atoms with van der Waals surface area (Å²) in [7, 11) is 1.51. The predicted molar refractivity (Wildman–Crippen MR) is 70.2 cm³/mol. The zero-order chi connectivity index (χ0) is 13.7. The fourth-order valence-electron chi connectivity index (χ4n) is 1.63. The number of hydrogen-bond donors (Lipinski definition) is 2. The van der Waals surface area contributed by atoms with Crippen molar-refractivity contribution in [2.75, 3.05) is 13.7 Å². The van der Waals surface area contributed by atoms with Crippen molar-refractivity contribution in [1.82, 2.24) is 5.32 Å². The Balaban J connectivity index is 2.64. The van der Waals surface area contributed by atoms with Gasteiger partial charge in [-0.15, -0.1) is 0 Å². The van der Waals surface area contributed by atoms with Gasteiger partial charge in [0, 0.05) is 24.2 Å². The molecular formula is C14H22FNO2. The summed E-state index contributed by atoms with van der Waals surface area (Å²) in [6, 6.07) is 4.65. The lowest BCUT2D eigenvalue weighted by Gasteiger charge is -2.20. The Kier molecular flexibility index (Phi) is 5.56. The van der Waals surface area contributed by atoms with Crippen molar-refractivity contribution in [3.05, 3.63) is 29.6 Å². The van der Waals surface area contributed by atoms with Gasteiger partial charge in [0.2, 0.25) is 0 Å². The molecule has 3 nitrogen and oxygen atoms in total. The smallest absolute Gasteiger partial charge is 0.131 e. The van der Waals surface area contributed by atoms with Crippen molar-refractivity contribution in [1.29, 1.82) is 0 Å². The van der Waals surface area contributed by atoms with Crippen molar-refractivity contribution in [3.8, 4) is 5.75 Å². The van der Waals surface area contributed by atoms with Gasteiger partial charge >= 0.3 is 0 Å². The molecule has 2 atom stereocenters. The van der Waals surface area contributed by atoms with Gasteiger partial charge in [-0.3, -0.25) is 0 Å². The molecule has 1 aromatic carbocycles. The number of ether oxygens (including phenoxy) is 1. The van der Waals surface area contributed by atoms with Gasteiger partial charge in [0.1, 0.15) is 11.6 Å². The molecular weight excluding hydrogens is 233 g/mol. The van der Waals surface area contributed by atoms with E-state index >= 15 is 0 Å². The number of rotatable bonds is 6. The van der Waals surface area contributed by atoms with Crippen LogP contribution < -0.4 is 10.1 Å². The molecule has 0 amide bonds. The molecule has 0 aliphatic carbocycles. The maximum Gasteiger partial charge on any atom is 0.131 e. The van der Waals surface area contributed by atoms with Gasteiger partial charge in [-0.2, -0.15) is 0 Å². The first-order chi connectivity index (χ1) is 8.45. The highest BCUT2D eigenvalue weighted by Gasteiger charge is 2.14. The van der Waals surface area contributed by atoms with Gasteiger partial charge in [-0.1, -0.05) is 19.9 Å². The first-order valence-electron chi connectivity index (χ1n) is 6.20. The van der Waals surface area contributed by atoms with Crippen molar-refractivity contribution >= 4 is 0 Å². The van der Waals surface area contributed by atoms with Crippen LogP contribution in [-0.4, -0.2) is 24.9 Å².